The van der Waals surface area contributed by atoms with E-state index in [1.165, 1.54) is 5.56 Å². The molecule has 1 aliphatic heterocycles. The molecule has 0 atom stereocenters. The van der Waals surface area contributed by atoms with Gasteiger partial charge in [-0.1, -0.05) is 6.07 Å². The number of rotatable bonds is 4. The number of hydrogen-bond donors (Lipinski definition) is 1. The van der Waals surface area contributed by atoms with E-state index >= 15 is 0 Å². The molecule has 1 heterocycles. The van der Waals surface area contributed by atoms with Gasteiger partial charge in [-0.2, -0.15) is 0 Å². The van der Waals surface area contributed by atoms with E-state index in [1.807, 2.05) is 50.2 Å². The van der Waals surface area contributed by atoms with Crippen LogP contribution >= 0.6 is 0 Å². The van der Waals surface area contributed by atoms with Gasteiger partial charge < -0.3 is 19.5 Å². The molecule has 1 aliphatic carbocycles. The number of carbonyl (C=O) groups is 1. The minimum atomic E-state index is -0.489. The van der Waals surface area contributed by atoms with Gasteiger partial charge >= 0.3 is 0 Å². The first-order chi connectivity index (χ1) is 12.5. The summed E-state index contributed by atoms with van der Waals surface area (Å²) in [5.74, 6) is 1.43. The molecule has 2 aliphatic rings. The number of benzene rings is 2. The molecule has 0 aromatic heterocycles. The SMILES string of the molecule is Cc1ccc(OCC(=O)Nc2ccc3c(c2)OC2(CCCC2)O3)cc1C. The van der Waals surface area contributed by atoms with Crippen LogP contribution in [-0.2, 0) is 4.79 Å². The maximum Gasteiger partial charge on any atom is 0.262 e. The summed E-state index contributed by atoms with van der Waals surface area (Å²) in [6.07, 6.45) is 4.06. The summed E-state index contributed by atoms with van der Waals surface area (Å²) in [6.45, 7) is 4.02. The quantitative estimate of drug-likeness (QED) is 0.887. The summed E-state index contributed by atoms with van der Waals surface area (Å²) in [5.41, 5.74) is 3.01. The normalized spacial score (nSPS) is 16.7. The lowest BCUT2D eigenvalue weighted by Gasteiger charge is -2.21. The van der Waals surface area contributed by atoms with Gasteiger partial charge in [0.15, 0.2) is 18.1 Å². The van der Waals surface area contributed by atoms with Crippen LogP contribution in [-0.4, -0.2) is 18.3 Å². The topological polar surface area (TPSA) is 56.8 Å². The van der Waals surface area contributed by atoms with Crippen LogP contribution in [0, 0.1) is 13.8 Å². The van der Waals surface area contributed by atoms with Crippen molar-refractivity contribution < 1.29 is 19.0 Å². The summed E-state index contributed by atoms with van der Waals surface area (Å²) in [4.78, 5) is 12.2. The van der Waals surface area contributed by atoms with E-state index < -0.39 is 5.79 Å². The minimum absolute atomic E-state index is 0.0408. The van der Waals surface area contributed by atoms with E-state index in [4.69, 9.17) is 14.2 Å². The molecule has 1 N–H and O–H groups in total. The molecule has 4 rings (SSSR count). The average molecular weight is 353 g/mol. The highest BCUT2D eigenvalue weighted by Gasteiger charge is 2.44. The van der Waals surface area contributed by atoms with Crippen molar-refractivity contribution in [3.63, 3.8) is 0 Å². The second kappa shape index (κ2) is 6.56. The zero-order valence-corrected chi connectivity index (χ0v) is 15.1. The number of ether oxygens (including phenoxy) is 3. The second-order valence-corrected chi connectivity index (χ2v) is 7.07. The third kappa shape index (κ3) is 3.34. The molecule has 1 spiro atoms. The highest BCUT2D eigenvalue weighted by atomic mass is 16.7. The Balaban J connectivity index is 1.36. The molecule has 1 saturated carbocycles. The lowest BCUT2D eigenvalue weighted by molar-refractivity contribution is -0.118. The van der Waals surface area contributed by atoms with Gasteiger partial charge in [0.05, 0.1) is 0 Å². The van der Waals surface area contributed by atoms with Gasteiger partial charge in [0.1, 0.15) is 5.75 Å². The minimum Gasteiger partial charge on any atom is -0.484 e. The lowest BCUT2D eigenvalue weighted by atomic mass is 10.1. The molecule has 5 nitrogen and oxygen atoms in total. The molecule has 0 radical (unpaired) electrons. The highest BCUT2D eigenvalue weighted by Crippen LogP contribution is 2.47. The van der Waals surface area contributed by atoms with Crippen molar-refractivity contribution in [2.45, 2.75) is 45.3 Å². The maximum atomic E-state index is 12.2. The average Bonchev–Trinajstić information content (AvgIpc) is 3.21. The monoisotopic (exact) mass is 353 g/mol. The molecule has 2 aromatic carbocycles. The Morgan fingerprint density at radius 3 is 2.58 bits per heavy atom. The molecule has 0 bridgehead atoms. The first-order valence-electron chi connectivity index (χ1n) is 9.05. The molecule has 0 saturated heterocycles. The van der Waals surface area contributed by atoms with Gasteiger partial charge in [-0.05, 0) is 62.1 Å². The predicted molar refractivity (Wildman–Crippen MR) is 98.9 cm³/mol. The zero-order chi connectivity index (χ0) is 18.1. The number of amides is 1. The maximum absolute atomic E-state index is 12.2. The van der Waals surface area contributed by atoms with Crippen LogP contribution in [0.15, 0.2) is 36.4 Å². The zero-order valence-electron chi connectivity index (χ0n) is 15.1. The van der Waals surface area contributed by atoms with E-state index in [1.54, 1.807) is 0 Å². The Bertz CT molecular complexity index is 840. The standard InChI is InChI=1S/C21H23NO4/c1-14-5-7-17(11-15(14)2)24-13-20(23)22-16-6-8-18-19(12-16)26-21(25-18)9-3-4-10-21/h5-8,11-12H,3-4,9-10,13H2,1-2H3,(H,22,23). The summed E-state index contributed by atoms with van der Waals surface area (Å²) in [6, 6.07) is 11.3. The number of nitrogens with one attached hydrogen (secondary N) is 1. The fourth-order valence-corrected chi connectivity index (χ4v) is 3.44. The van der Waals surface area contributed by atoms with Gasteiger partial charge in [0, 0.05) is 24.6 Å². The molecule has 1 fully saturated rings. The molecule has 5 heteroatoms. The van der Waals surface area contributed by atoms with Gasteiger partial charge in [-0.25, -0.2) is 0 Å². The number of carbonyl (C=O) groups excluding carboxylic acids is 1. The van der Waals surface area contributed by atoms with Crippen molar-refractivity contribution in [3.8, 4) is 17.2 Å². The van der Waals surface area contributed by atoms with Crippen LogP contribution in [0.4, 0.5) is 5.69 Å². The third-order valence-electron chi connectivity index (χ3n) is 5.03. The van der Waals surface area contributed by atoms with Gasteiger partial charge in [0.2, 0.25) is 0 Å². The Labute approximate surface area is 153 Å². The fraction of sp³-hybridized carbons (Fsp3) is 0.381. The number of fused-ring (bicyclic) bond motifs is 1. The number of aryl methyl sites for hydroxylation is 2. The summed E-state index contributed by atoms with van der Waals surface area (Å²) in [7, 11) is 0. The molecular formula is C21H23NO4. The van der Waals surface area contributed by atoms with Crippen LogP contribution < -0.4 is 19.5 Å². The summed E-state index contributed by atoms with van der Waals surface area (Å²) >= 11 is 0. The number of anilines is 1. The van der Waals surface area contributed by atoms with Gasteiger partial charge in [0.25, 0.3) is 11.7 Å². The lowest BCUT2D eigenvalue weighted by Crippen LogP contribution is -2.34. The van der Waals surface area contributed by atoms with Crippen molar-refractivity contribution in [1.82, 2.24) is 0 Å². The summed E-state index contributed by atoms with van der Waals surface area (Å²) < 4.78 is 17.6. The van der Waals surface area contributed by atoms with Crippen LogP contribution in [0.25, 0.3) is 0 Å². The van der Waals surface area contributed by atoms with Crippen LogP contribution in [0.3, 0.4) is 0 Å². The Hall–Kier alpha value is -2.69. The molecule has 26 heavy (non-hydrogen) atoms. The van der Waals surface area contributed by atoms with Crippen LogP contribution in [0.5, 0.6) is 17.2 Å². The van der Waals surface area contributed by atoms with Crippen LogP contribution in [0.1, 0.15) is 36.8 Å². The van der Waals surface area contributed by atoms with E-state index in [2.05, 4.69) is 5.32 Å². The summed E-state index contributed by atoms with van der Waals surface area (Å²) in [5, 5.41) is 2.85. The van der Waals surface area contributed by atoms with Crippen molar-refractivity contribution >= 4 is 11.6 Å². The smallest absolute Gasteiger partial charge is 0.262 e. The number of hydrogen-bond acceptors (Lipinski definition) is 4. The van der Waals surface area contributed by atoms with Gasteiger partial charge in [-0.15, -0.1) is 0 Å². The molecule has 2 aromatic rings. The third-order valence-corrected chi connectivity index (χ3v) is 5.03. The highest BCUT2D eigenvalue weighted by molar-refractivity contribution is 5.92. The predicted octanol–water partition coefficient (Wildman–Crippen LogP) is 4.36. The van der Waals surface area contributed by atoms with E-state index in [-0.39, 0.29) is 12.5 Å². The van der Waals surface area contributed by atoms with Crippen molar-refractivity contribution in [2.75, 3.05) is 11.9 Å². The molecule has 1 amide bonds. The van der Waals surface area contributed by atoms with Crippen molar-refractivity contribution in [3.05, 3.63) is 47.5 Å². The largest absolute Gasteiger partial charge is 0.484 e. The fourth-order valence-electron chi connectivity index (χ4n) is 3.44. The molecule has 136 valence electrons. The first-order valence-corrected chi connectivity index (χ1v) is 9.05. The van der Waals surface area contributed by atoms with E-state index in [9.17, 15) is 4.79 Å². The van der Waals surface area contributed by atoms with Crippen LogP contribution in [0.2, 0.25) is 0 Å². The second-order valence-electron chi connectivity index (χ2n) is 7.07. The van der Waals surface area contributed by atoms with Crippen molar-refractivity contribution in [2.24, 2.45) is 0 Å². The van der Waals surface area contributed by atoms with Crippen molar-refractivity contribution in [1.29, 1.82) is 0 Å². The Morgan fingerprint density at radius 1 is 1.04 bits per heavy atom. The Morgan fingerprint density at radius 2 is 1.81 bits per heavy atom. The Kier molecular flexibility index (Phi) is 4.23. The van der Waals surface area contributed by atoms with Gasteiger partial charge in [-0.3, -0.25) is 4.79 Å². The van der Waals surface area contributed by atoms with E-state index in [0.29, 0.717) is 17.2 Å². The van der Waals surface area contributed by atoms with E-state index in [0.717, 1.165) is 37.0 Å². The first kappa shape index (κ1) is 16.8. The molecule has 0 unspecified atom stereocenters. The molecular weight excluding hydrogens is 330 g/mol.